The number of rotatable bonds is 5. The van der Waals surface area contributed by atoms with Gasteiger partial charge in [-0.25, -0.2) is 0 Å². The van der Waals surface area contributed by atoms with Crippen molar-refractivity contribution in [3.05, 3.63) is 22.7 Å². The van der Waals surface area contributed by atoms with Gasteiger partial charge in [-0.05, 0) is 38.0 Å². The smallest absolute Gasteiger partial charge is 0.0656 e. The van der Waals surface area contributed by atoms with Crippen molar-refractivity contribution in [2.24, 2.45) is 0 Å². The molecule has 3 N–H and O–H groups in total. The molecule has 0 aliphatic rings. The fourth-order valence-corrected chi connectivity index (χ4v) is 1.90. The Morgan fingerprint density at radius 2 is 2.12 bits per heavy atom. The van der Waals surface area contributed by atoms with Crippen molar-refractivity contribution in [1.29, 1.82) is 0 Å². The number of aliphatic hydroxyl groups is 1. The highest BCUT2D eigenvalue weighted by Gasteiger charge is 2.09. The third kappa shape index (κ3) is 3.03. The summed E-state index contributed by atoms with van der Waals surface area (Å²) in [7, 11) is 0. The normalized spacial score (nSPS) is 10.5. The molecule has 0 aliphatic heterocycles. The molecule has 0 saturated carbocycles. The van der Waals surface area contributed by atoms with Crippen molar-refractivity contribution in [2.45, 2.75) is 20.3 Å². The highest BCUT2D eigenvalue weighted by Crippen LogP contribution is 2.29. The largest absolute Gasteiger partial charge is 0.398 e. The molecule has 0 atom stereocenters. The van der Waals surface area contributed by atoms with Gasteiger partial charge in [0.1, 0.15) is 0 Å². The predicted molar refractivity (Wildman–Crippen MR) is 70.2 cm³/mol. The molecule has 1 aromatic rings. The summed E-state index contributed by atoms with van der Waals surface area (Å²) in [6.07, 6.45) is 0.759. The molecule has 0 radical (unpaired) electrons. The highest BCUT2D eigenvalue weighted by molar-refractivity contribution is 6.33. The van der Waals surface area contributed by atoms with Crippen LogP contribution >= 0.6 is 11.6 Å². The second-order valence-corrected chi connectivity index (χ2v) is 4.22. The van der Waals surface area contributed by atoms with Gasteiger partial charge in [0.15, 0.2) is 0 Å². The van der Waals surface area contributed by atoms with Crippen molar-refractivity contribution >= 4 is 23.0 Å². The topological polar surface area (TPSA) is 49.5 Å². The average Bonchev–Trinajstić information content (AvgIpc) is 2.26. The van der Waals surface area contributed by atoms with E-state index in [9.17, 15) is 0 Å². The maximum Gasteiger partial charge on any atom is 0.0656 e. The third-order valence-electron chi connectivity index (χ3n) is 2.62. The molecule has 90 valence electrons. The van der Waals surface area contributed by atoms with Crippen LogP contribution in [0.25, 0.3) is 0 Å². The van der Waals surface area contributed by atoms with Gasteiger partial charge in [0.05, 0.1) is 10.7 Å². The minimum Gasteiger partial charge on any atom is -0.398 e. The predicted octanol–water partition coefficient (Wildman–Crippen LogP) is 2.44. The first-order chi connectivity index (χ1) is 7.60. The lowest BCUT2D eigenvalue weighted by Gasteiger charge is -2.25. The Labute approximate surface area is 102 Å². The van der Waals surface area contributed by atoms with E-state index in [1.807, 2.05) is 19.1 Å². The number of aryl methyl sites for hydroxylation is 1. The molecule has 0 unspecified atom stereocenters. The van der Waals surface area contributed by atoms with Crippen LogP contribution in [0.4, 0.5) is 11.4 Å². The van der Waals surface area contributed by atoms with E-state index >= 15 is 0 Å². The summed E-state index contributed by atoms with van der Waals surface area (Å²) in [4.78, 5) is 2.19. The van der Waals surface area contributed by atoms with Crippen molar-refractivity contribution in [3.8, 4) is 0 Å². The van der Waals surface area contributed by atoms with Crippen LogP contribution in [0, 0.1) is 6.92 Å². The van der Waals surface area contributed by atoms with Crippen LogP contribution in [0.5, 0.6) is 0 Å². The van der Waals surface area contributed by atoms with E-state index in [0.29, 0.717) is 10.7 Å². The molecule has 0 spiro atoms. The van der Waals surface area contributed by atoms with Gasteiger partial charge in [0, 0.05) is 25.4 Å². The van der Waals surface area contributed by atoms with Gasteiger partial charge in [-0.15, -0.1) is 0 Å². The molecule has 0 bridgehead atoms. The molecule has 4 heteroatoms. The fourth-order valence-electron chi connectivity index (χ4n) is 1.74. The molecule has 0 fully saturated rings. The Balaban J connectivity index is 2.95. The number of benzene rings is 1. The van der Waals surface area contributed by atoms with Gasteiger partial charge >= 0.3 is 0 Å². The van der Waals surface area contributed by atoms with Crippen molar-refractivity contribution in [3.63, 3.8) is 0 Å². The summed E-state index contributed by atoms with van der Waals surface area (Å²) >= 11 is 6.02. The number of nitrogens with zero attached hydrogens (tertiary/aromatic N) is 1. The molecule has 1 rings (SSSR count). The maximum absolute atomic E-state index is 8.85. The van der Waals surface area contributed by atoms with Crippen molar-refractivity contribution < 1.29 is 5.11 Å². The Kier molecular flexibility index (Phi) is 4.90. The minimum absolute atomic E-state index is 0.207. The van der Waals surface area contributed by atoms with Crippen LogP contribution < -0.4 is 10.6 Å². The molecule has 16 heavy (non-hydrogen) atoms. The first kappa shape index (κ1) is 13.1. The van der Waals surface area contributed by atoms with E-state index in [1.165, 1.54) is 0 Å². The lowest BCUT2D eigenvalue weighted by Crippen LogP contribution is -2.25. The number of aliphatic hydroxyl groups excluding tert-OH is 1. The third-order valence-corrected chi connectivity index (χ3v) is 2.95. The summed E-state index contributed by atoms with van der Waals surface area (Å²) in [6.45, 7) is 6.03. The number of hydrogen-bond donors (Lipinski definition) is 2. The number of halogens is 1. The molecule has 0 heterocycles. The van der Waals surface area contributed by atoms with Gasteiger partial charge in [-0.3, -0.25) is 0 Å². The zero-order chi connectivity index (χ0) is 12.1. The highest BCUT2D eigenvalue weighted by atomic mass is 35.5. The Morgan fingerprint density at radius 3 is 2.69 bits per heavy atom. The number of anilines is 2. The van der Waals surface area contributed by atoms with E-state index in [4.69, 9.17) is 22.4 Å². The van der Waals surface area contributed by atoms with Crippen molar-refractivity contribution in [2.75, 3.05) is 30.3 Å². The molecule has 0 amide bonds. The summed E-state index contributed by atoms with van der Waals surface area (Å²) in [6, 6.07) is 3.78. The molecule has 1 aromatic carbocycles. The zero-order valence-corrected chi connectivity index (χ0v) is 10.6. The van der Waals surface area contributed by atoms with Crippen LogP contribution in [0.15, 0.2) is 12.1 Å². The molecule has 0 aromatic heterocycles. The van der Waals surface area contributed by atoms with Crippen LogP contribution in [0.2, 0.25) is 5.02 Å². The van der Waals surface area contributed by atoms with Gasteiger partial charge < -0.3 is 15.7 Å². The van der Waals surface area contributed by atoms with Gasteiger partial charge in [-0.1, -0.05) is 11.6 Å². The SMILES string of the molecule is CCN(CCCO)c1cc(Cl)c(N)cc1C. The fraction of sp³-hybridized carbons (Fsp3) is 0.500. The summed E-state index contributed by atoms with van der Waals surface area (Å²) < 4.78 is 0. The van der Waals surface area contributed by atoms with E-state index < -0.39 is 0 Å². The second kappa shape index (κ2) is 5.97. The lowest BCUT2D eigenvalue weighted by atomic mass is 10.1. The maximum atomic E-state index is 8.85. The van der Waals surface area contributed by atoms with Crippen molar-refractivity contribution in [1.82, 2.24) is 0 Å². The number of nitrogen functional groups attached to an aromatic ring is 1. The summed E-state index contributed by atoms with van der Waals surface area (Å²) in [5.74, 6) is 0. The molecule has 3 nitrogen and oxygen atoms in total. The standard InChI is InChI=1S/C12H19ClN2O/c1-3-15(5-4-6-16)12-8-10(13)11(14)7-9(12)2/h7-8,16H,3-6,14H2,1-2H3. The van der Waals surface area contributed by atoms with Gasteiger partial charge in [0.2, 0.25) is 0 Å². The molecular weight excluding hydrogens is 224 g/mol. The summed E-state index contributed by atoms with van der Waals surface area (Å²) in [5, 5.41) is 9.44. The van der Waals surface area contributed by atoms with E-state index in [-0.39, 0.29) is 6.61 Å². The van der Waals surface area contributed by atoms with Gasteiger partial charge in [0.25, 0.3) is 0 Å². The van der Waals surface area contributed by atoms with Crippen LogP contribution in [0.1, 0.15) is 18.9 Å². The average molecular weight is 243 g/mol. The van der Waals surface area contributed by atoms with Crippen LogP contribution in [0.3, 0.4) is 0 Å². The second-order valence-electron chi connectivity index (χ2n) is 3.82. The van der Waals surface area contributed by atoms with E-state index in [0.717, 1.165) is 30.8 Å². The molecule has 0 aliphatic carbocycles. The summed E-state index contributed by atoms with van der Waals surface area (Å²) in [5.41, 5.74) is 8.56. The van der Waals surface area contributed by atoms with Gasteiger partial charge in [-0.2, -0.15) is 0 Å². The Morgan fingerprint density at radius 1 is 1.44 bits per heavy atom. The molecule has 0 saturated heterocycles. The number of nitrogens with two attached hydrogens (primary N) is 1. The van der Waals surface area contributed by atoms with E-state index in [1.54, 1.807) is 0 Å². The van der Waals surface area contributed by atoms with Crippen LogP contribution in [-0.4, -0.2) is 24.8 Å². The Hall–Kier alpha value is -0.930. The van der Waals surface area contributed by atoms with Crippen LogP contribution in [-0.2, 0) is 0 Å². The molecular formula is C12H19ClN2O. The lowest BCUT2D eigenvalue weighted by molar-refractivity contribution is 0.289. The minimum atomic E-state index is 0.207. The zero-order valence-electron chi connectivity index (χ0n) is 9.83. The number of hydrogen-bond acceptors (Lipinski definition) is 3. The monoisotopic (exact) mass is 242 g/mol. The van der Waals surface area contributed by atoms with E-state index in [2.05, 4.69) is 11.8 Å². The first-order valence-corrected chi connectivity index (χ1v) is 5.89. The quantitative estimate of drug-likeness (QED) is 0.780. The Bertz CT molecular complexity index is 355. The first-order valence-electron chi connectivity index (χ1n) is 5.51.